The van der Waals surface area contributed by atoms with Crippen molar-refractivity contribution in [2.45, 2.75) is 76.3 Å². The van der Waals surface area contributed by atoms with E-state index in [9.17, 15) is 22.8 Å². The van der Waals surface area contributed by atoms with Gasteiger partial charge in [0, 0.05) is 42.9 Å². The smallest absolute Gasteiger partial charge is 0.355 e. The highest BCUT2D eigenvalue weighted by Gasteiger charge is 2.54. The molecule has 1 saturated heterocycles. The fraction of sp³-hybridized carbons (Fsp3) is 0.600. The van der Waals surface area contributed by atoms with Crippen LogP contribution in [-0.4, -0.2) is 63.9 Å². The second kappa shape index (κ2) is 9.84. The molecular weight excluding hydrogens is 473 g/mol. The van der Waals surface area contributed by atoms with Gasteiger partial charge >= 0.3 is 6.18 Å². The highest BCUT2D eigenvalue weighted by molar-refractivity contribution is 5.96. The first-order valence-electron chi connectivity index (χ1n) is 12.3. The van der Waals surface area contributed by atoms with Crippen molar-refractivity contribution >= 4 is 28.5 Å². The maximum atomic E-state index is 13.4. The van der Waals surface area contributed by atoms with Gasteiger partial charge in [0.2, 0.25) is 11.8 Å². The fourth-order valence-electron chi connectivity index (χ4n) is 5.70. The number of carbonyl (C=O) groups is 2. The van der Waals surface area contributed by atoms with Gasteiger partial charge in [-0.3, -0.25) is 9.59 Å². The first-order chi connectivity index (χ1) is 16.9. The lowest BCUT2D eigenvalue weighted by molar-refractivity contribution is -0.137. The van der Waals surface area contributed by atoms with Gasteiger partial charge in [-0.2, -0.15) is 13.2 Å². The molecule has 2 fully saturated rings. The van der Waals surface area contributed by atoms with Crippen molar-refractivity contribution in [3.8, 4) is 0 Å². The van der Waals surface area contributed by atoms with Crippen LogP contribution in [-0.2, 0) is 15.8 Å². The number of alkyl halides is 3. The van der Waals surface area contributed by atoms with Gasteiger partial charge < -0.3 is 20.9 Å². The number of benzene rings is 1. The van der Waals surface area contributed by atoms with Crippen LogP contribution >= 0.6 is 0 Å². The molecule has 2 amide bonds. The molecule has 11 heteroatoms. The van der Waals surface area contributed by atoms with E-state index in [0.717, 1.165) is 18.6 Å². The zero-order chi connectivity index (χ0) is 26.3. The molecule has 1 aromatic heterocycles. The monoisotopic (exact) mass is 506 g/mol. The summed E-state index contributed by atoms with van der Waals surface area (Å²) in [6, 6.07) is 3.56. The van der Waals surface area contributed by atoms with Crippen molar-refractivity contribution in [1.82, 2.24) is 25.5 Å². The molecular formula is C25H33F3N6O2. The summed E-state index contributed by atoms with van der Waals surface area (Å²) < 4.78 is 40.3. The molecule has 3 N–H and O–H groups in total. The van der Waals surface area contributed by atoms with Crippen molar-refractivity contribution in [3.05, 3.63) is 30.1 Å². The molecule has 0 bridgehead atoms. The number of hydrogen-bond acceptors (Lipinski definition) is 6. The average molecular weight is 507 g/mol. The van der Waals surface area contributed by atoms with Crippen LogP contribution in [0, 0.1) is 5.92 Å². The van der Waals surface area contributed by atoms with Gasteiger partial charge in [-0.25, -0.2) is 9.97 Å². The Kier molecular flexibility index (Phi) is 7.14. The summed E-state index contributed by atoms with van der Waals surface area (Å²) in [5.74, 6) is -0.534. The van der Waals surface area contributed by atoms with E-state index in [1.807, 2.05) is 0 Å². The summed E-state index contributed by atoms with van der Waals surface area (Å²) in [6.45, 7) is 6.10. The molecule has 4 atom stereocenters. The molecule has 1 saturated carbocycles. The van der Waals surface area contributed by atoms with Crippen LogP contribution in [0.1, 0.15) is 52.0 Å². The summed E-state index contributed by atoms with van der Waals surface area (Å²) in [7, 11) is 2.06. The molecule has 1 aliphatic carbocycles. The van der Waals surface area contributed by atoms with E-state index in [-0.39, 0.29) is 41.0 Å². The lowest BCUT2D eigenvalue weighted by Crippen LogP contribution is -2.62. The minimum absolute atomic E-state index is 0.172. The predicted octanol–water partition coefficient (Wildman–Crippen LogP) is 3.33. The third-order valence-corrected chi connectivity index (χ3v) is 7.75. The van der Waals surface area contributed by atoms with Crippen LogP contribution in [0.15, 0.2) is 24.5 Å². The number of nitrogens with zero attached hydrogens (tertiary/aromatic N) is 3. The standard InChI is InChI=1S/C25H33F3N6O2/c1-14(2)34(4)17-6-7-19(21(12-17)32-15(3)35)24(9-10-29-23(24)36)33-22-18-11-16(25(26,27)28)5-8-20(18)30-13-31-22/h5,8,11,13-14,17,19,21H,6-7,9-10,12H2,1-4H3,(H,29,36)(H,32,35)(H,30,31,33)/t17-,19+,21-,24+/m1/s1. The normalized spacial score (nSPS) is 26.9. The summed E-state index contributed by atoms with van der Waals surface area (Å²) in [4.78, 5) is 36.2. The molecule has 0 unspecified atom stereocenters. The van der Waals surface area contributed by atoms with Crippen molar-refractivity contribution in [2.24, 2.45) is 5.92 Å². The van der Waals surface area contributed by atoms with Crippen LogP contribution in [0.5, 0.6) is 0 Å². The lowest BCUT2D eigenvalue weighted by Gasteiger charge is -2.47. The minimum atomic E-state index is -4.53. The summed E-state index contributed by atoms with van der Waals surface area (Å²) in [6.07, 6.45) is -0.682. The molecule has 4 rings (SSSR count). The summed E-state index contributed by atoms with van der Waals surface area (Å²) in [5, 5.41) is 9.41. The van der Waals surface area contributed by atoms with Gasteiger partial charge in [0.1, 0.15) is 17.7 Å². The molecule has 2 aromatic rings. The Morgan fingerprint density at radius 2 is 2.00 bits per heavy atom. The molecule has 8 nitrogen and oxygen atoms in total. The number of nitrogens with one attached hydrogen (secondary N) is 3. The quantitative estimate of drug-likeness (QED) is 0.556. The lowest BCUT2D eigenvalue weighted by atomic mass is 9.69. The largest absolute Gasteiger partial charge is 0.416 e. The van der Waals surface area contributed by atoms with Gasteiger partial charge in [0.05, 0.1) is 11.1 Å². The Labute approximate surface area is 208 Å². The third-order valence-electron chi connectivity index (χ3n) is 7.75. The molecule has 196 valence electrons. The Bertz CT molecular complexity index is 1140. The van der Waals surface area contributed by atoms with E-state index < -0.39 is 17.3 Å². The van der Waals surface area contributed by atoms with Crippen molar-refractivity contribution in [1.29, 1.82) is 0 Å². The van der Waals surface area contributed by atoms with Gasteiger partial charge in [0.15, 0.2) is 0 Å². The Balaban J connectivity index is 1.74. The van der Waals surface area contributed by atoms with E-state index in [1.54, 1.807) is 0 Å². The van der Waals surface area contributed by atoms with E-state index in [4.69, 9.17) is 0 Å². The van der Waals surface area contributed by atoms with Gasteiger partial charge in [-0.15, -0.1) is 0 Å². The minimum Gasteiger partial charge on any atom is -0.355 e. The second-order valence-corrected chi connectivity index (χ2v) is 10.2. The van der Waals surface area contributed by atoms with Crippen molar-refractivity contribution < 1.29 is 22.8 Å². The molecule has 2 heterocycles. The number of aromatic nitrogens is 2. The van der Waals surface area contributed by atoms with Crippen LogP contribution in [0.4, 0.5) is 19.0 Å². The van der Waals surface area contributed by atoms with Crippen LogP contribution in [0.25, 0.3) is 10.9 Å². The predicted molar refractivity (Wildman–Crippen MR) is 130 cm³/mol. The number of anilines is 1. The number of hydrogen-bond donors (Lipinski definition) is 3. The highest BCUT2D eigenvalue weighted by Crippen LogP contribution is 2.42. The molecule has 0 radical (unpaired) electrons. The highest BCUT2D eigenvalue weighted by atomic mass is 19.4. The molecule has 36 heavy (non-hydrogen) atoms. The van der Waals surface area contributed by atoms with Crippen LogP contribution in [0.3, 0.4) is 0 Å². The topological polar surface area (TPSA) is 99.2 Å². The Morgan fingerprint density at radius 1 is 1.25 bits per heavy atom. The Morgan fingerprint density at radius 3 is 2.61 bits per heavy atom. The number of carbonyl (C=O) groups excluding carboxylic acids is 2. The van der Waals surface area contributed by atoms with E-state index in [0.29, 0.717) is 37.4 Å². The fourth-order valence-corrected chi connectivity index (χ4v) is 5.70. The maximum absolute atomic E-state index is 13.4. The van der Waals surface area contributed by atoms with Crippen molar-refractivity contribution in [3.63, 3.8) is 0 Å². The van der Waals surface area contributed by atoms with Crippen LogP contribution < -0.4 is 16.0 Å². The molecule has 1 aromatic carbocycles. The number of halogens is 3. The zero-order valence-electron chi connectivity index (χ0n) is 20.9. The van der Waals surface area contributed by atoms with E-state index in [1.165, 1.54) is 19.3 Å². The first kappa shape index (κ1) is 26.1. The van der Waals surface area contributed by atoms with Crippen LogP contribution in [0.2, 0.25) is 0 Å². The van der Waals surface area contributed by atoms with Gasteiger partial charge in [0.25, 0.3) is 0 Å². The molecule has 2 aliphatic rings. The van der Waals surface area contributed by atoms with E-state index in [2.05, 4.69) is 51.7 Å². The van der Waals surface area contributed by atoms with Gasteiger partial charge in [-0.1, -0.05) is 0 Å². The summed E-state index contributed by atoms with van der Waals surface area (Å²) >= 11 is 0. The van der Waals surface area contributed by atoms with Gasteiger partial charge in [-0.05, 0) is 64.8 Å². The number of amides is 2. The third kappa shape index (κ3) is 4.98. The first-order valence-corrected chi connectivity index (χ1v) is 12.3. The summed E-state index contributed by atoms with van der Waals surface area (Å²) in [5.41, 5.74) is -1.61. The molecule has 1 aliphatic heterocycles. The number of rotatable bonds is 6. The number of fused-ring (bicyclic) bond motifs is 1. The SMILES string of the molecule is CC(=O)N[C@@H]1C[C@H](N(C)C(C)C)CC[C@@H]1[C@@]1(Nc2ncnc3ccc(C(F)(F)F)cc23)CCNC1=O. The average Bonchev–Trinajstić information content (AvgIpc) is 3.18. The van der Waals surface area contributed by atoms with Crippen molar-refractivity contribution in [2.75, 3.05) is 18.9 Å². The maximum Gasteiger partial charge on any atom is 0.416 e. The second-order valence-electron chi connectivity index (χ2n) is 10.2. The molecule has 0 spiro atoms. The zero-order valence-corrected chi connectivity index (χ0v) is 20.9. The Hall–Kier alpha value is -2.95. The van der Waals surface area contributed by atoms with E-state index >= 15 is 0 Å².